The number of amides is 1. The second-order valence-electron chi connectivity index (χ2n) is 6.08. The van der Waals surface area contributed by atoms with Gasteiger partial charge < -0.3 is 15.7 Å². The van der Waals surface area contributed by atoms with Gasteiger partial charge in [0.2, 0.25) is 5.91 Å². The molecular weight excluding hydrogens is 282 g/mol. The lowest BCUT2D eigenvalue weighted by molar-refractivity contribution is -0.126. The zero-order valence-corrected chi connectivity index (χ0v) is 13.0. The average Bonchev–Trinajstić information content (AvgIpc) is 2.47. The molecule has 2 rings (SSSR count). The third-order valence-electron chi connectivity index (χ3n) is 3.80. The largest absolute Gasteiger partial charge is 0.477 e. The van der Waals surface area contributed by atoms with Crippen molar-refractivity contribution in [2.75, 3.05) is 5.32 Å². The third kappa shape index (κ3) is 4.44. The van der Waals surface area contributed by atoms with Gasteiger partial charge in [0.15, 0.2) is 5.69 Å². The Labute approximate surface area is 130 Å². The highest BCUT2D eigenvalue weighted by atomic mass is 16.4. The zero-order valence-electron chi connectivity index (χ0n) is 13.0. The summed E-state index contributed by atoms with van der Waals surface area (Å²) in [5.41, 5.74) is 0.0231. The number of rotatable bonds is 5. The maximum Gasteiger partial charge on any atom is 0.354 e. The van der Waals surface area contributed by atoms with Gasteiger partial charge in [-0.2, -0.15) is 0 Å². The molecule has 1 aromatic rings. The van der Waals surface area contributed by atoms with Crippen LogP contribution < -0.4 is 10.6 Å². The predicted octanol–water partition coefficient (Wildman–Crippen LogP) is 2.28. The molecule has 1 saturated carbocycles. The van der Waals surface area contributed by atoms with Gasteiger partial charge >= 0.3 is 5.97 Å². The van der Waals surface area contributed by atoms with E-state index in [4.69, 9.17) is 5.11 Å². The van der Waals surface area contributed by atoms with Gasteiger partial charge in [-0.25, -0.2) is 9.78 Å². The van der Waals surface area contributed by atoms with Crippen molar-refractivity contribution in [1.29, 1.82) is 0 Å². The maximum absolute atomic E-state index is 12.1. The topological polar surface area (TPSA) is 91.3 Å². The number of hydrogen-bond acceptors (Lipinski definition) is 4. The summed E-state index contributed by atoms with van der Waals surface area (Å²) >= 11 is 0. The standard InChI is InChI=1S/C16H23N3O3/c1-10(2)17-15(20)11-5-3-6-12(9-11)18-14-8-4-7-13(19-14)16(21)22/h4,7-8,10-12H,3,5-6,9H2,1-2H3,(H,17,20)(H,18,19)(H,21,22). The lowest BCUT2D eigenvalue weighted by Gasteiger charge is -2.30. The van der Waals surface area contributed by atoms with Crippen LogP contribution in [0.3, 0.4) is 0 Å². The van der Waals surface area contributed by atoms with Gasteiger partial charge in [0.25, 0.3) is 0 Å². The first-order valence-electron chi connectivity index (χ1n) is 7.73. The highest BCUT2D eigenvalue weighted by molar-refractivity contribution is 5.85. The van der Waals surface area contributed by atoms with Crippen molar-refractivity contribution < 1.29 is 14.7 Å². The van der Waals surface area contributed by atoms with Gasteiger partial charge in [0.05, 0.1) is 0 Å². The highest BCUT2D eigenvalue weighted by Crippen LogP contribution is 2.26. The molecule has 0 aromatic carbocycles. The van der Waals surface area contributed by atoms with Gasteiger partial charge in [0, 0.05) is 18.0 Å². The molecule has 6 nitrogen and oxygen atoms in total. The minimum absolute atomic E-state index is 0.0105. The van der Waals surface area contributed by atoms with Crippen LogP contribution in [0.4, 0.5) is 5.82 Å². The van der Waals surface area contributed by atoms with Crippen molar-refractivity contribution in [2.45, 2.75) is 51.6 Å². The van der Waals surface area contributed by atoms with Gasteiger partial charge in [-0.15, -0.1) is 0 Å². The molecule has 0 aliphatic heterocycles. The minimum Gasteiger partial charge on any atom is -0.477 e. The van der Waals surface area contributed by atoms with Crippen molar-refractivity contribution >= 4 is 17.7 Å². The second kappa shape index (κ2) is 7.24. The van der Waals surface area contributed by atoms with Gasteiger partial charge in [-0.3, -0.25) is 4.79 Å². The SMILES string of the molecule is CC(C)NC(=O)C1CCCC(Nc2cccc(C(=O)O)n2)C1. The van der Waals surface area contributed by atoms with Crippen molar-refractivity contribution in [3.63, 3.8) is 0 Å². The molecule has 1 amide bonds. The van der Waals surface area contributed by atoms with Crippen LogP contribution in [-0.4, -0.2) is 34.1 Å². The van der Waals surface area contributed by atoms with E-state index in [0.717, 1.165) is 25.7 Å². The van der Waals surface area contributed by atoms with E-state index in [1.807, 2.05) is 13.8 Å². The number of carboxylic acid groups (broad SMARTS) is 1. The number of aromatic nitrogens is 1. The number of carbonyl (C=O) groups excluding carboxylic acids is 1. The molecule has 3 N–H and O–H groups in total. The Balaban J connectivity index is 1.97. The number of anilines is 1. The lowest BCUT2D eigenvalue weighted by Crippen LogP contribution is -2.40. The number of nitrogens with zero attached hydrogens (tertiary/aromatic N) is 1. The van der Waals surface area contributed by atoms with Crippen molar-refractivity contribution in [2.24, 2.45) is 5.92 Å². The molecule has 0 spiro atoms. The molecule has 6 heteroatoms. The van der Waals surface area contributed by atoms with E-state index in [1.165, 1.54) is 6.07 Å². The Morgan fingerprint density at radius 1 is 1.32 bits per heavy atom. The molecular formula is C16H23N3O3. The Hall–Kier alpha value is -2.11. The molecule has 1 aliphatic carbocycles. The van der Waals surface area contributed by atoms with Crippen LogP contribution in [0.1, 0.15) is 50.0 Å². The molecule has 0 radical (unpaired) electrons. The molecule has 2 atom stereocenters. The van der Waals surface area contributed by atoms with Crippen molar-refractivity contribution in [3.05, 3.63) is 23.9 Å². The quantitative estimate of drug-likeness (QED) is 0.776. The summed E-state index contributed by atoms with van der Waals surface area (Å²) < 4.78 is 0. The van der Waals surface area contributed by atoms with Crippen molar-refractivity contribution in [3.8, 4) is 0 Å². The van der Waals surface area contributed by atoms with Gasteiger partial charge in [-0.1, -0.05) is 12.5 Å². The van der Waals surface area contributed by atoms with E-state index in [9.17, 15) is 9.59 Å². The molecule has 1 aliphatic rings. The number of aromatic carboxylic acids is 1. The first-order valence-corrected chi connectivity index (χ1v) is 7.73. The number of nitrogens with one attached hydrogen (secondary N) is 2. The third-order valence-corrected chi connectivity index (χ3v) is 3.80. The molecule has 1 fully saturated rings. The number of hydrogen-bond donors (Lipinski definition) is 3. The van der Waals surface area contributed by atoms with E-state index in [2.05, 4.69) is 15.6 Å². The van der Waals surface area contributed by atoms with Crippen molar-refractivity contribution in [1.82, 2.24) is 10.3 Å². The van der Waals surface area contributed by atoms with E-state index in [1.54, 1.807) is 12.1 Å². The fraction of sp³-hybridized carbons (Fsp3) is 0.562. The van der Waals surface area contributed by atoms with E-state index < -0.39 is 5.97 Å². The first kappa shape index (κ1) is 16.3. The van der Waals surface area contributed by atoms with E-state index >= 15 is 0 Å². The smallest absolute Gasteiger partial charge is 0.354 e. The minimum atomic E-state index is -1.04. The summed E-state index contributed by atoms with van der Waals surface area (Å²) in [5.74, 6) is -0.374. The predicted molar refractivity (Wildman–Crippen MR) is 83.8 cm³/mol. The fourth-order valence-corrected chi connectivity index (χ4v) is 2.80. The van der Waals surface area contributed by atoms with Gasteiger partial charge in [-0.05, 0) is 45.2 Å². The molecule has 22 heavy (non-hydrogen) atoms. The molecule has 120 valence electrons. The van der Waals surface area contributed by atoms with Crippen LogP contribution in [0, 0.1) is 5.92 Å². The van der Waals surface area contributed by atoms with E-state index in [-0.39, 0.29) is 29.6 Å². The number of pyridine rings is 1. The molecule has 1 aromatic heterocycles. The number of carbonyl (C=O) groups is 2. The fourth-order valence-electron chi connectivity index (χ4n) is 2.80. The molecule has 2 unspecified atom stereocenters. The Morgan fingerprint density at radius 2 is 2.09 bits per heavy atom. The summed E-state index contributed by atoms with van der Waals surface area (Å²) in [5, 5.41) is 15.2. The van der Waals surface area contributed by atoms with Crippen LogP contribution >= 0.6 is 0 Å². The summed E-state index contributed by atoms with van der Waals surface area (Å²) in [6, 6.07) is 5.19. The van der Waals surface area contributed by atoms with E-state index in [0.29, 0.717) is 5.82 Å². The maximum atomic E-state index is 12.1. The van der Waals surface area contributed by atoms with Crippen LogP contribution in [0.2, 0.25) is 0 Å². The summed E-state index contributed by atoms with van der Waals surface area (Å²) in [4.78, 5) is 27.1. The lowest BCUT2D eigenvalue weighted by atomic mass is 9.85. The Morgan fingerprint density at radius 3 is 2.77 bits per heavy atom. The summed E-state index contributed by atoms with van der Waals surface area (Å²) in [6.07, 6.45) is 3.59. The van der Waals surface area contributed by atoms with Crippen LogP contribution in [0.5, 0.6) is 0 Å². The summed E-state index contributed by atoms with van der Waals surface area (Å²) in [7, 11) is 0. The molecule has 0 saturated heterocycles. The number of carboxylic acids is 1. The van der Waals surface area contributed by atoms with Gasteiger partial charge in [0.1, 0.15) is 5.82 Å². The Bertz CT molecular complexity index is 545. The highest BCUT2D eigenvalue weighted by Gasteiger charge is 2.27. The van der Waals surface area contributed by atoms with Crippen LogP contribution in [0.15, 0.2) is 18.2 Å². The molecule has 1 heterocycles. The zero-order chi connectivity index (χ0) is 16.1. The van der Waals surface area contributed by atoms with Crippen LogP contribution in [0.25, 0.3) is 0 Å². The normalized spacial score (nSPS) is 21.4. The summed E-state index contributed by atoms with van der Waals surface area (Å²) in [6.45, 7) is 3.91. The average molecular weight is 305 g/mol. The first-order chi connectivity index (χ1) is 10.5. The second-order valence-corrected chi connectivity index (χ2v) is 6.08. The monoisotopic (exact) mass is 305 g/mol. The van der Waals surface area contributed by atoms with Crippen LogP contribution in [-0.2, 0) is 4.79 Å². The molecule has 0 bridgehead atoms. The Kier molecular flexibility index (Phi) is 5.35.